The van der Waals surface area contributed by atoms with Crippen molar-refractivity contribution in [2.75, 3.05) is 20.1 Å². The van der Waals surface area contributed by atoms with Gasteiger partial charge in [0.15, 0.2) is 0 Å². The van der Waals surface area contributed by atoms with Crippen molar-refractivity contribution < 1.29 is 0 Å². The van der Waals surface area contributed by atoms with Crippen LogP contribution in [0, 0.1) is 0 Å². The van der Waals surface area contributed by atoms with Gasteiger partial charge in [-0.05, 0) is 0 Å². The molecular weight excluding hydrogens is 122 g/mol. The van der Waals surface area contributed by atoms with Gasteiger partial charge in [-0.2, -0.15) is 4.90 Å². The quantitative estimate of drug-likeness (QED) is 0.503. The molecule has 1 heteroatoms. The van der Waals surface area contributed by atoms with E-state index in [0.717, 1.165) is 0 Å². The molecule has 0 aromatic carbocycles. The molecule has 0 saturated heterocycles. The standard InChI is InChI=1S/C9H21N/c1-4-6-8-10(3)9-7-5-2/h4-9H2,1-3H3/q+1. The minimum absolute atomic E-state index is 1.27. The van der Waals surface area contributed by atoms with Crippen molar-refractivity contribution in [2.45, 2.75) is 39.5 Å². The molecular formula is C9H21N+. The summed E-state index contributed by atoms with van der Waals surface area (Å²) in [7, 11) is 2.21. The number of rotatable bonds is 6. The number of nitrogens with zero attached hydrogens (tertiary/aromatic N) is 1. The zero-order valence-corrected chi connectivity index (χ0v) is 7.69. The summed E-state index contributed by atoms with van der Waals surface area (Å²) in [5.41, 5.74) is 0. The third-order valence-electron chi connectivity index (χ3n) is 1.79. The van der Waals surface area contributed by atoms with Crippen LogP contribution >= 0.6 is 0 Å². The molecule has 0 heterocycles. The highest BCUT2D eigenvalue weighted by Gasteiger charge is 2.03. The van der Waals surface area contributed by atoms with Crippen LogP contribution in [-0.4, -0.2) is 20.1 Å². The zero-order valence-electron chi connectivity index (χ0n) is 7.69. The van der Waals surface area contributed by atoms with Gasteiger partial charge in [0, 0.05) is 12.8 Å². The second-order valence-electron chi connectivity index (χ2n) is 3.01. The third-order valence-corrected chi connectivity index (χ3v) is 1.79. The molecule has 0 spiro atoms. The van der Waals surface area contributed by atoms with Gasteiger partial charge in [-0.3, -0.25) is 0 Å². The lowest BCUT2D eigenvalue weighted by Crippen LogP contribution is -2.26. The van der Waals surface area contributed by atoms with E-state index in [9.17, 15) is 0 Å². The Balaban J connectivity index is 3.00. The van der Waals surface area contributed by atoms with Crippen molar-refractivity contribution in [2.24, 2.45) is 0 Å². The summed E-state index contributed by atoms with van der Waals surface area (Å²) in [6.07, 6.45) is 5.33. The van der Waals surface area contributed by atoms with Gasteiger partial charge in [-0.15, -0.1) is 0 Å². The van der Waals surface area contributed by atoms with Crippen LogP contribution in [0.4, 0.5) is 0 Å². The van der Waals surface area contributed by atoms with Crippen molar-refractivity contribution in [3.05, 3.63) is 0 Å². The van der Waals surface area contributed by atoms with E-state index in [0.29, 0.717) is 0 Å². The average Bonchev–Trinajstić information content (AvgIpc) is 1.97. The van der Waals surface area contributed by atoms with Crippen molar-refractivity contribution in [3.8, 4) is 0 Å². The van der Waals surface area contributed by atoms with Crippen LogP contribution in [0.15, 0.2) is 0 Å². The van der Waals surface area contributed by atoms with E-state index in [1.54, 1.807) is 0 Å². The molecule has 0 rings (SSSR count). The van der Waals surface area contributed by atoms with Crippen LogP contribution in [0.1, 0.15) is 39.5 Å². The normalized spacial score (nSPS) is 10.8. The summed E-state index contributed by atoms with van der Waals surface area (Å²) in [4.78, 5) is 2.42. The fourth-order valence-electron chi connectivity index (χ4n) is 0.968. The van der Waals surface area contributed by atoms with Crippen LogP contribution in [-0.2, 0) is 0 Å². The largest absolute Gasteiger partial charge is 0.173 e. The lowest BCUT2D eigenvalue weighted by molar-refractivity contribution is 0.450. The smallest absolute Gasteiger partial charge is 0.122 e. The molecule has 61 valence electrons. The van der Waals surface area contributed by atoms with Gasteiger partial charge in [0.1, 0.15) is 20.1 Å². The first-order valence-electron chi connectivity index (χ1n) is 4.49. The molecule has 0 N–H and O–H groups in total. The van der Waals surface area contributed by atoms with Gasteiger partial charge < -0.3 is 0 Å². The van der Waals surface area contributed by atoms with Crippen molar-refractivity contribution >= 4 is 0 Å². The van der Waals surface area contributed by atoms with Crippen LogP contribution in [0.2, 0.25) is 0 Å². The summed E-state index contributed by atoms with van der Waals surface area (Å²) in [6, 6.07) is 0. The Hall–Kier alpha value is -0.0400. The number of hydrogen-bond acceptors (Lipinski definition) is 1. The van der Waals surface area contributed by atoms with Gasteiger partial charge in [0.25, 0.3) is 0 Å². The van der Waals surface area contributed by atoms with E-state index in [1.807, 2.05) is 0 Å². The zero-order chi connectivity index (χ0) is 7.82. The van der Waals surface area contributed by atoms with Crippen LogP contribution < -0.4 is 4.90 Å². The Labute approximate surface area is 65.4 Å². The van der Waals surface area contributed by atoms with E-state index in [4.69, 9.17) is 0 Å². The topological polar surface area (TPSA) is 5.90 Å². The lowest BCUT2D eigenvalue weighted by Gasteiger charge is -2.04. The molecule has 0 aromatic heterocycles. The molecule has 0 bridgehead atoms. The molecule has 0 atom stereocenters. The van der Waals surface area contributed by atoms with Gasteiger partial charge in [-0.1, -0.05) is 26.7 Å². The van der Waals surface area contributed by atoms with Crippen molar-refractivity contribution in [1.82, 2.24) is 4.90 Å². The molecule has 0 amide bonds. The molecule has 1 radical (unpaired) electrons. The summed E-state index contributed by atoms with van der Waals surface area (Å²) < 4.78 is 0. The minimum atomic E-state index is 1.27. The summed E-state index contributed by atoms with van der Waals surface area (Å²) in [6.45, 7) is 7.04. The Kier molecular flexibility index (Phi) is 7.04. The Morgan fingerprint density at radius 3 is 1.60 bits per heavy atom. The first-order valence-corrected chi connectivity index (χ1v) is 4.49. The van der Waals surface area contributed by atoms with Gasteiger partial charge in [-0.25, -0.2) is 0 Å². The van der Waals surface area contributed by atoms with Crippen LogP contribution in [0.25, 0.3) is 0 Å². The fraction of sp³-hybridized carbons (Fsp3) is 1.00. The number of hydrogen-bond donors (Lipinski definition) is 0. The molecule has 1 nitrogen and oxygen atoms in total. The highest BCUT2D eigenvalue weighted by atomic mass is 15.1. The van der Waals surface area contributed by atoms with Gasteiger partial charge in [0.05, 0.1) is 0 Å². The molecule has 0 aliphatic heterocycles. The molecule has 0 aliphatic rings. The molecule has 0 aliphatic carbocycles. The highest BCUT2D eigenvalue weighted by Crippen LogP contribution is 1.92. The maximum absolute atomic E-state index is 2.42. The molecule has 10 heavy (non-hydrogen) atoms. The molecule has 0 saturated carbocycles. The Morgan fingerprint density at radius 2 is 1.30 bits per heavy atom. The van der Waals surface area contributed by atoms with Crippen LogP contribution in [0.3, 0.4) is 0 Å². The first kappa shape index (κ1) is 9.96. The van der Waals surface area contributed by atoms with E-state index >= 15 is 0 Å². The van der Waals surface area contributed by atoms with Gasteiger partial charge >= 0.3 is 0 Å². The number of unbranched alkanes of at least 4 members (excludes halogenated alkanes) is 2. The monoisotopic (exact) mass is 143 g/mol. The minimum Gasteiger partial charge on any atom is -0.173 e. The molecule has 0 unspecified atom stereocenters. The maximum atomic E-state index is 2.42. The lowest BCUT2D eigenvalue weighted by atomic mass is 10.3. The van der Waals surface area contributed by atoms with Crippen molar-refractivity contribution in [3.63, 3.8) is 0 Å². The summed E-state index contributed by atoms with van der Waals surface area (Å²) in [5.74, 6) is 0. The van der Waals surface area contributed by atoms with Crippen molar-refractivity contribution in [1.29, 1.82) is 0 Å². The predicted molar refractivity (Wildman–Crippen MR) is 47.6 cm³/mol. The maximum Gasteiger partial charge on any atom is 0.122 e. The SMILES string of the molecule is CCCC[N+](C)CCCC. The second kappa shape index (κ2) is 7.07. The van der Waals surface area contributed by atoms with E-state index in [1.165, 1.54) is 38.8 Å². The van der Waals surface area contributed by atoms with E-state index < -0.39 is 0 Å². The van der Waals surface area contributed by atoms with E-state index in [-0.39, 0.29) is 0 Å². The summed E-state index contributed by atoms with van der Waals surface area (Å²) in [5, 5.41) is 0. The highest BCUT2D eigenvalue weighted by molar-refractivity contribution is 4.55. The van der Waals surface area contributed by atoms with Crippen LogP contribution in [0.5, 0.6) is 0 Å². The van der Waals surface area contributed by atoms with Gasteiger partial charge in [0.2, 0.25) is 0 Å². The van der Waals surface area contributed by atoms with E-state index in [2.05, 4.69) is 25.8 Å². The predicted octanol–water partition coefficient (Wildman–Crippen LogP) is 2.36. The average molecular weight is 143 g/mol. The molecule has 0 aromatic rings. The Bertz CT molecular complexity index is 53.7. The summed E-state index contributed by atoms with van der Waals surface area (Å²) >= 11 is 0. The molecule has 0 fully saturated rings. The Morgan fingerprint density at radius 1 is 0.900 bits per heavy atom. The second-order valence-corrected chi connectivity index (χ2v) is 3.01. The third kappa shape index (κ3) is 6.09. The first-order chi connectivity index (χ1) is 4.81. The fourth-order valence-corrected chi connectivity index (χ4v) is 0.968.